The topological polar surface area (TPSA) is 175 Å². The first-order valence-electron chi connectivity index (χ1n) is 29.9. The van der Waals surface area contributed by atoms with E-state index in [1.54, 1.807) is 6.08 Å². The van der Waals surface area contributed by atoms with Crippen LogP contribution in [0.2, 0.25) is 0 Å². The quantitative estimate of drug-likeness (QED) is 0.0195. The van der Waals surface area contributed by atoms with Gasteiger partial charge in [0.1, 0.15) is 24.4 Å². The highest BCUT2D eigenvalue weighted by molar-refractivity contribution is 5.76. The zero-order valence-electron chi connectivity index (χ0n) is 46.8. The number of aliphatic hydroxyl groups is 5. The van der Waals surface area contributed by atoms with E-state index in [2.05, 4.69) is 92.1 Å². The van der Waals surface area contributed by atoms with Gasteiger partial charge in [-0.2, -0.15) is 0 Å². The summed E-state index contributed by atoms with van der Waals surface area (Å²) in [5.41, 5.74) is 0. The van der Waals surface area contributed by atoms with E-state index in [1.807, 2.05) is 6.08 Å². The summed E-state index contributed by atoms with van der Waals surface area (Å²) in [5.74, 6) is -0.270. The molecule has 1 amide bonds. The second-order valence-electron chi connectivity index (χ2n) is 20.3. The van der Waals surface area contributed by atoms with E-state index in [0.717, 1.165) is 109 Å². The van der Waals surface area contributed by atoms with Crippen molar-refractivity contribution < 1.29 is 49.3 Å². The van der Waals surface area contributed by atoms with E-state index in [0.29, 0.717) is 19.4 Å². The molecule has 1 aliphatic rings. The highest BCUT2D eigenvalue weighted by Gasteiger charge is 2.44. The van der Waals surface area contributed by atoms with Crippen LogP contribution >= 0.6 is 0 Å². The minimum absolute atomic E-state index is 0.0653. The summed E-state index contributed by atoms with van der Waals surface area (Å²) in [6, 6.07) is -0.840. The molecule has 7 atom stereocenters. The van der Waals surface area contributed by atoms with Crippen LogP contribution in [0.4, 0.5) is 0 Å². The number of amides is 1. The molecule has 0 aromatic rings. The Morgan fingerprint density at radius 1 is 0.500 bits per heavy atom. The second kappa shape index (κ2) is 51.9. The molecule has 7 unspecified atom stereocenters. The summed E-state index contributed by atoms with van der Waals surface area (Å²) in [6.07, 6.45) is 59.8. The molecule has 1 saturated heterocycles. The Labute approximate surface area is 451 Å². The Kier molecular flexibility index (Phi) is 48.3. The number of hydrogen-bond donors (Lipinski definition) is 6. The molecule has 0 spiro atoms. The van der Waals surface area contributed by atoms with Gasteiger partial charge >= 0.3 is 5.97 Å². The van der Waals surface area contributed by atoms with E-state index >= 15 is 0 Å². The van der Waals surface area contributed by atoms with Crippen LogP contribution in [-0.4, -0.2) is 100 Å². The number of allylic oxidation sites excluding steroid dienone is 12. The van der Waals surface area contributed by atoms with E-state index in [-0.39, 0.29) is 18.5 Å². The standard InChI is InChI=1S/C63H109NO10/c1-3-5-7-9-11-13-15-16-27-31-35-39-43-47-51-59(68)72-52-48-44-40-36-32-28-25-23-21-19-17-18-20-22-24-26-30-34-38-42-46-50-58(67)64-55(54-73-63-62(71)61(70)60(69)57(53-65)74-63)56(66)49-45-41-37-33-29-14-12-10-8-6-4-2/h8-11,15-16,28-29,32-33,40,44-45,49,55-57,60-63,65-66,69-71H,3-7,12-14,17-27,30-31,34-39,41-43,46-48,50-54H2,1-2H3,(H,64,67)/b10-8+,11-9-,16-15-,32-28-,33-29+,44-40-,49-45+. The van der Waals surface area contributed by atoms with Crippen LogP contribution in [0.3, 0.4) is 0 Å². The summed E-state index contributed by atoms with van der Waals surface area (Å²) < 4.78 is 16.6. The van der Waals surface area contributed by atoms with Crippen molar-refractivity contribution in [2.45, 2.75) is 281 Å². The molecule has 1 heterocycles. The molecular formula is C63H109NO10. The number of carbonyl (C=O) groups is 2. The fourth-order valence-electron chi connectivity index (χ4n) is 8.68. The van der Waals surface area contributed by atoms with Gasteiger partial charge in [-0.05, 0) is 96.3 Å². The molecule has 426 valence electrons. The van der Waals surface area contributed by atoms with Gasteiger partial charge < -0.3 is 45.1 Å². The van der Waals surface area contributed by atoms with Crippen molar-refractivity contribution in [3.8, 4) is 0 Å². The first kappa shape index (κ1) is 68.9. The fourth-order valence-corrected chi connectivity index (χ4v) is 8.68. The van der Waals surface area contributed by atoms with Crippen molar-refractivity contribution in [3.05, 3.63) is 85.1 Å². The van der Waals surface area contributed by atoms with Crippen LogP contribution < -0.4 is 5.32 Å². The third-order valence-corrected chi connectivity index (χ3v) is 13.4. The normalized spacial score (nSPS) is 19.5. The summed E-state index contributed by atoms with van der Waals surface area (Å²) in [7, 11) is 0. The lowest BCUT2D eigenvalue weighted by Crippen LogP contribution is -2.60. The molecule has 0 radical (unpaired) electrons. The maximum atomic E-state index is 13.0. The molecule has 11 nitrogen and oxygen atoms in total. The number of rotatable bonds is 50. The number of hydrogen-bond acceptors (Lipinski definition) is 10. The van der Waals surface area contributed by atoms with Crippen molar-refractivity contribution in [3.63, 3.8) is 0 Å². The molecule has 0 aromatic carbocycles. The zero-order valence-corrected chi connectivity index (χ0v) is 46.8. The van der Waals surface area contributed by atoms with Crippen molar-refractivity contribution >= 4 is 11.9 Å². The third kappa shape index (κ3) is 41.1. The summed E-state index contributed by atoms with van der Waals surface area (Å²) in [4.78, 5) is 25.0. The Morgan fingerprint density at radius 3 is 1.46 bits per heavy atom. The second-order valence-corrected chi connectivity index (χ2v) is 20.3. The third-order valence-electron chi connectivity index (χ3n) is 13.4. The van der Waals surface area contributed by atoms with Gasteiger partial charge in [-0.25, -0.2) is 0 Å². The highest BCUT2D eigenvalue weighted by Crippen LogP contribution is 2.23. The zero-order chi connectivity index (χ0) is 53.8. The van der Waals surface area contributed by atoms with Crippen LogP contribution in [0.15, 0.2) is 85.1 Å². The predicted molar refractivity (Wildman–Crippen MR) is 306 cm³/mol. The average molecular weight is 1040 g/mol. The minimum Gasteiger partial charge on any atom is -0.465 e. The first-order chi connectivity index (χ1) is 36.2. The largest absolute Gasteiger partial charge is 0.465 e. The number of aliphatic hydroxyl groups excluding tert-OH is 5. The van der Waals surface area contributed by atoms with Crippen LogP contribution in [0.25, 0.3) is 0 Å². The minimum atomic E-state index is -1.58. The molecular weight excluding hydrogens is 931 g/mol. The lowest BCUT2D eigenvalue weighted by Gasteiger charge is -2.40. The lowest BCUT2D eigenvalue weighted by atomic mass is 9.99. The van der Waals surface area contributed by atoms with Gasteiger partial charge in [-0.1, -0.05) is 214 Å². The van der Waals surface area contributed by atoms with Gasteiger partial charge in [0.25, 0.3) is 0 Å². The molecule has 11 heteroatoms. The number of unbranched alkanes of at least 4 members (excludes halogenated alkanes) is 24. The molecule has 0 saturated carbocycles. The highest BCUT2D eigenvalue weighted by atomic mass is 16.7. The molecule has 0 bridgehead atoms. The van der Waals surface area contributed by atoms with Gasteiger partial charge in [-0.3, -0.25) is 9.59 Å². The Bertz CT molecular complexity index is 1500. The molecule has 6 N–H and O–H groups in total. The van der Waals surface area contributed by atoms with Crippen LogP contribution in [0.1, 0.15) is 239 Å². The van der Waals surface area contributed by atoms with E-state index in [1.165, 1.54) is 103 Å². The Balaban J connectivity index is 2.08. The summed E-state index contributed by atoms with van der Waals surface area (Å²) in [5, 5.41) is 54.2. The van der Waals surface area contributed by atoms with Gasteiger partial charge in [0.05, 0.1) is 32.0 Å². The number of esters is 1. The number of nitrogens with one attached hydrogen (secondary N) is 1. The Hall–Kier alpha value is -3.16. The number of ether oxygens (including phenoxy) is 3. The molecule has 0 aliphatic carbocycles. The monoisotopic (exact) mass is 1040 g/mol. The number of carbonyl (C=O) groups excluding carboxylic acids is 2. The lowest BCUT2D eigenvalue weighted by molar-refractivity contribution is -0.302. The van der Waals surface area contributed by atoms with Crippen LogP contribution in [0, 0.1) is 0 Å². The van der Waals surface area contributed by atoms with Gasteiger partial charge in [-0.15, -0.1) is 0 Å². The van der Waals surface area contributed by atoms with Gasteiger partial charge in [0, 0.05) is 12.8 Å². The van der Waals surface area contributed by atoms with E-state index in [4.69, 9.17) is 14.2 Å². The molecule has 0 aromatic heterocycles. The van der Waals surface area contributed by atoms with Gasteiger partial charge in [0.15, 0.2) is 6.29 Å². The van der Waals surface area contributed by atoms with E-state index < -0.39 is 49.5 Å². The molecule has 74 heavy (non-hydrogen) atoms. The van der Waals surface area contributed by atoms with Crippen LogP contribution in [0.5, 0.6) is 0 Å². The maximum Gasteiger partial charge on any atom is 0.305 e. The SMILES string of the molecule is CCC/C=C/CC/C=C/CC/C=C/C(O)C(COC1OC(CO)C(O)C(O)C1O)NC(=O)CCCCCCCCCCCCCCCC/C=C\C/C=C\CCOC(=O)CCCCCCC/C=C\C/C=C\CCCC. The Morgan fingerprint density at radius 2 is 0.946 bits per heavy atom. The van der Waals surface area contributed by atoms with Crippen molar-refractivity contribution in [1.29, 1.82) is 0 Å². The van der Waals surface area contributed by atoms with E-state index in [9.17, 15) is 35.1 Å². The molecule has 1 aliphatic heterocycles. The van der Waals surface area contributed by atoms with Crippen molar-refractivity contribution in [2.75, 3.05) is 19.8 Å². The predicted octanol–water partition coefficient (Wildman–Crippen LogP) is 13.8. The average Bonchev–Trinajstić information content (AvgIpc) is 3.40. The maximum absolute atomic E-state index is 13.0. The first-order valence-corrected chi connectivity index (χ1v) is 29.9. The molecule has 1 rings (SSSR count). The van der Waals surface area contributed by atoms with Gasteiger partial charge in [0.2, 0.25) is 5.91 Å². The smallest absolute Gasteiger partial charge is 0.305 e. The van der Waals surface area contributed by atoms with Crippen molar-refractivity contribution in [1.82, 2.24) is 5.32 Å². The molecule has 1 fully saturated rings. The van der Waals surface area contributed by atoms with Crippen molar-refractivity contribution in [2.24, 2.45) is 0 Å². The summed E-state index contributed by atoms with van der Waals surface area (Å²) >= 11 is 0. The fraction of sp³-hybridized carbons (Fsp3) is 0.746. The summed E-state index contributed by atoms with van der Waals surface area (Å²) in [6.45, 7) is 4.07. The van der Waals surface area contributed by atoms with Crippen LogP contribution in [-0.2, 0) is 23.8 Å².